The molecule has 0 amide bonds. The standard InChI is InChI=1S/C14H26N2/c1-2-15-14-5-3-4-12(14)10-16-9-11-6-7-13(16)8-11/h11-15H,2-10H2,1H3. The van der Waals surface area contributed by atoms with E-state index >= 15 is 0 Å². The van der Waals surface area contributed by atoms with Gasteiger partial charge in [0.2, 0.25) is 0 Å². The van der Waals surface area contributed by atoms with Crippen molar-refractivity contribution in [1.82, 2.24) is 10.2 Å². The summed E-state index contributed by atoms with van der Waals surface area (Å²) >= 11 is 0. The predicted molar refractivity (Wildman–Crippen MR) is 67.5 cm³/mol. The zero-order valence-electron chi connectivity index (χ0n) is 10.6. The van der Waals surface area contributed by atoms with Gasteiger partial charge in [0, 0.05) is 25.2 Å². The van der Waals surface area contributed by atoms with Crippen molar-refractivity contribution in [3.8, 4) is 0 Å². The molecule has 3 rings (SSSR count). The number of piperidine rings is 1. The van der Waals surface area contributed by atoms with Gasteiger partial charge in [-0.1, -0.05) is 13.3 Å². The Balaban J connectivity index is 1.54. The summed E-state index contributed by atoms with van der Waals surface area (Å²) in [6.45, 7) is 6.19. The fraction of sp³-hybridized carbons (Fsp3) is 1.00. The second-order valence-electron chi connectivity index (χ2n) is 6.14. The Bertz CT molecular complexity index is 241. The molecule has 1 heterocycles. The highest BCUT2D eigenvalue weighted by atomic mass is 15.2. The van der Waals surface area contributed by atoms with E-state index in [1.54, 1.807) is 0 Å². The van der Waals surface area contributed by atoms with Crippen LogP contribution in [0.2, 0.25) is 0 Å². The number of hydrogen-bond acceptors (Lipinski definition) is 2. The van der Waals surface area contributed by atoms with Crippen LogP contribution in [0.4, 0.5) is 0 Å². The van der Waals surface area contributed by atoms with Gasteiger partial charge in [0.15, 0.2) is 0 Å². The number of nitrogens with zero attached hydrogens (tertiary/aromatic N) is 1. The molecular weight excluding hydrogens is 196 g/mol. The summed E-state index contributed by atoms with van der Waals surface area (Å²) in [4.78, 5) is 2.81. The number of fused-ring (bicyclic) bond motifs is 2. The molecule has 3 aliphatic rings. The molecule has 3 fully saturated rings. The molecule has 1 N–H and O–H groups in total. The van der Waals surface area contributed by atoms with Gasteiger partial charge in [-0.2, -0.15) is 0 Å². The van der Waals surface area contributed by atoms with Gasteiger partial charge in [0.1, 0.15) is 0 Å². The van der Waals surface area contributed by atoms with Crippen LogP contribution in [-0.4, -0.2) is 36.6 Å². The highest BCUT2D eigenvalue weighted by Crippen LogP contribution is 2.39. The monoisotopic (exact) mass is 222 g/mol. The largest absolute Gasteiger partial charge is 0.314 e. The lowest BCUT2D eigenvalue weighted by molar-refractivity contribution is 0.171. The summed E-state index contributed by atoms with van der Waals surface area (Å²) in [5.41, 5.74) is 0. The van der Waals surface area contributed by atoms with E-state index in [2.05, 4.69) is 17.1 Å². The maximum absolute atomic E-state index is 3.69. The molecule has 0 aromatic heterocycles. The third kappa shape index (κ3) is 2.02. The Morgan fingerprint density at radius 1 is 1.19 bits per heavy atom. The lowest BCUT2D eigenvalue weighted by atomic mass is 10.0. The maximum Gasteiger partial charge on any atom is 0.0107 e. The molecule has 16 heavy (non-hydrogen) atoms. The van der Waals surface area contributed by atoms with Gasteiger partial charge in [-0.05, 0) is 50.5 Å². The fourth-order valence-corrected chi connectivity index (χ4v) is 4.34. The summed E-state index contributed by atoms with van der Waals surface area (Å²) < 4.78 is 0. The molecule has 1 saturated heterocycles. The van der Waals surface area contributed by atoms with Crippen LogP contribution in [0.1, 0.15) is 45.4 Å². The topological polar surface area (TPSA) is 15.3 Å². The summed E-state index contributed by atoms with van der Waals surface area (Å²) in [5, 5.41) is 3.69. The third-order valence-corrected chi connectivity index (χ3v) is 5.12. The molecule has 0 aromatic carbocycles. The molecule has 1 aliphatic heterocycles. The zero-order chi connectivity index (χ0) is 11.0. The zero-order valence-corrected chi connectivity index (χ0v) is 10.6. The van der Waals surface area contributed by atoms with Crippen LogP contribution < -0.4 is 5.32 Å². The molecule has 0 radical (unpaired) electrons. The van der Waals surface area contributed by atoms with E-state index in [0.717, 1.165) is 30.5 Å². The lowest BCUT2D eigenvalue weighted by Gasteiger charge is -2.31. The quantitative estimate of drug-likeness (QED) is 0.785. The van der Waals surface area contributed by atoms with Crippen LogP contribution in [-0.2, 0) is 0 Å². The summed E-state index contributed by atoms with van der Waals surface area (Å²) in [6.07, 6.45) is 8.85. The summed E-state index contributed by atoms with van der Waals surface area (Å²) in [5.74, 6) is 2.00. The molecule has 2 bridgehead atoms. The first-order chi connectivity index (χ1) is 7.86. The van der Waals surface area contributed by atoms with Crippen molar-refractivity contribution < 1.29 is 0 Å². The van der Waals surface area contributed by atoms with Crippen LogP contribution in [0.5, 0.6) is 0 Å². The molecular formula is C14H26N2. The van der Waals surface area contributed by atoms with Crippen molar-refractivity contribution in [3.05, 3.63) is 0 Å². The van der Waals surface area contributed by atoms with E-state index in [9.17, 15) is 0 Å². The lowest BCUT2D eigenvalue weighted by Crippen LogP contribution is -2.42. The molecule has 4 atom stereocenters. The Hall–Kier alpha value is -0.0800. The van der Waals surface area contributed by atoms with Gasteiger partial charge in [-0.25, -0.2) is 0 Å². The first-order valence-electron chi connectivity index (χ1n) is 7.34. The SMILES string of the molecule is CCNC1CCCC1CN1CC2CCC1C2. The molecule has 92 valence electrons. The normalized spacial score (nSPS) is 43.3. The molecule has 0 spiro atoms. The average molecular weight is 222 g/mol. The van der Waals surface area contributed by atoms with Gasteiger partial charge >= 0.3 is 0 Å². The van der Waals surface area contributed by atoms with E-state index in [1.165, 1.54) is 51.6 Å². The molecule has 2 heteroatoms. The summed E-state index contributed by atoms with van der Waals surface area (Å²) in [7, 11) is 0. The minimum Gasteiger partial charge on any atom is -0.314 e. The van der Waals surface area contributed by atoms with Gasteiger partial charge in [-0.15, -0.1) is 0 Å². The first-order valence-corrected chi connectivity index (χ1v) is 7.34. The van der Waals surface area contributed by atoms with Gasteiger partial charge in [0.05, 0.1) is 0 Å². The number of rotatable bonds is 4. The van der Waals surface area contributed by atoms with E-state index in [1.807, 2.05) is 0 Å². The second kappa shape index (κ2) is 4.66. The fourth-order valence-electron chi connectivity index (χ4n) is 4.34. The Kier molecular flexibility index (Phi) is 3.21. The summed E-state index contributed by atoms with van der Waals surface area (Å²) in [6, 6.07) is 1.79. The van der Waals surface area contributed by atoms with Crippen molar-refractivity contribution in [2.75, 3.05) is 19.6 Å². The van der Waals surface area contributed by atoms with Crippen LogP contribution in [0.3, 0.4) is 0 Å². The van der Waals surface area contributed by atoms with Crippen LogP contribution in [0, 0.1) is 11.8 Å². The van der Waals surface area contributed by atoms with E-state index < -0.39 is 0 Å². The Morgan fingerprint density at radius 3 is 2.81 bits per heavy atom. The van der Waals surface area contributed by atoms with Crippen LogP contribution in [0.15, 0.2) is 0 Å². The molecule has 0 aromatic rings. The molecule has 2 aliphatic carbocycles. The molecule has 2 saturated carbocycles. The molecule has 2 nitrogen and oxygen atoms in total. The van der Waals surface area contributed by atoms with Gasteiger partial charge in [0.25, 0.3) is 0 Å². The Labute approximate surface area is 99.8 Å². The van der Waals surface area contributed by atoms with Crippen LogP contribution in [0.25, 0.3) is 0 Å². The van der Waals surface area contributed by atoms with E-state index in [0.29, 0.717) is 0 Å². The maximum atomic E-state index is 3.69. The average Bonchev–Trinajstić information content (AvgIpc) is 2.96. The first kappa shape index (κ1) is 11.0. The van der Waals surface area contributed by atoms with Gasteiger partial charge in [-0.3, -0.25) is 4.90 Å². The van der Waals surface area contributed by atoms with E-state index in [-0.39, 0.29) is 0 Å². The smallest absolute Gasteiger partial charge is 0.0107 e. The van der Waals surface area contributed by atoms with Crippen LogP contribution >= 0.6 is 0 Å². The van der Waals surface area contributed by atoms with Crippen molar-refractivity contribution in [3.63, 3.8) is 0 Å². The predicted octanol–water partition coefficient (Wildman–Crippen LogP) is 2.25. The number of nitrogens with one attached hydrogen (secondary N) is 1. The van der Waals surface area contributed by atoms with Crippen molar-refractivity contribution in [2.24, 2.45) is 11.8 Å². The second-order valence-corrected chi connectivity index (χ2v) is 6.14. The van der Waals surface area contributed by atoms with E-state index in [4.69, 9.17) is 0 Å². The number of likely N-dealkylation sites (tertiary alicyclic amines) is 1. The van der Waals surface area contributed by atoms with Crippen molar-refractivity contribution in [1.29, 1.82) is 0 Å². The highest BCUT2D eigenvalue weighted by Gasteiger charge is 2.39. The van der Waals surface area contributed by atoms with Crippen molar-refractivity contribution in [2.45, 2.75) is 57.5 Å². The minimum atomic E-state index is 0.823. The minimum absolute atomic E-state index is 0.823. The molecule has 4 unspecified atom stereocenters. The third-order valence-electron chi connectivity index (χ3n) is 5.12. The highest BCUT2D eigenvalue weighted by molar-refractivity contribution is 4.95. The number of hydrogen-bond donors (Lipinski definition) is 1. The van der Waals surface area contributed by atoms with Crippen molar-refractivity contribution >= 4 is 0 Å². The van der Waals surface area contributed by atoms with Gasteiger partial charge < -0.3 is 5.32 Å². The Morgan fingerprint density at radius 2 is 2.12 bits per heavy atom.